The van der Waals surface area contributed by atoms with E-state index in [4.69, 9.17) is 9.47 Å². The maximum absolute atomic E-state index is 13.4. The molecule has 4 rings (SSSR count). The van der Waals surface area contributed by atoms with Gasteiger partial charge in [0.2, 0.25) is 10.0 Å². The minimum atomic E-state index is -3.92. The zero-order valence-corrected chi connectivity index (χ0v) is 18.7. The third-order valence-electron chi connectivity index (χ3n) is 5.90. The lowest BCUT2D eigenvalue weighted by molar-refractivity contribution is 0.315. The van der Waals surface area contributed by atoms with Gasteiger partial charge in [0, 0.05) is 29.6 Å². The second-order valence-electron chi connectivity index (χ2n) is 7.86. The van der Waals surface area contributed by atoms with Crippen molar-refractivity contribution in [2.45, 2.75) is 43.2 Å². The standard InChI is InChI=1S/C23H25FN2O5S/c1-30-21-12-15-11-16(23(27)25-20(15)13-22(21)31-2)14-26(18-5-3-4-6-18)32(28,29)19-9-7-17(24)8-10-19/h7-13,18H,3-6,14H2,1-2H3,(H,25,27). The molecule has 1 fully saturated rings. The molecule has 3 aromatic rings. The Morgan fingerprint density at radius 1 is 1.03 bits per heavy atom. The second kappa shape index (κ2) is 8.91. The average molecular weight is 461 g/mol. The van der Waals surface area contributed by atoms with Gasteiger partial charge in [0.05, 0.1) is 24.6 Å². The van der Waals surface area contributed by atoms with E-state index < -0.39 is 15.8 Å². The van der Waals surface area contributed by atoms with Crippen LogP contribution < -0.4 is 15.0 Å². The van der Waals surface area contributed by atoms with E-state index in [9.17, 15) is 17.6 Å². The number of fused-ring (bicyclic) bond motifs is 1. The van der Waals surface area contributed by atoms with Gasteiger partial charge in [0.1, 0.15) is 5.82 Å². The van der Waals surface area contributed by atoms with Crippen LogP contribution in [0, 0.1) is 5.82 Å². The van der Waals surface area contributed by atoms with Gasteiger partial charge >= 0.3 is 0 Å². The Hall–Kier alpha value is -2.91. The highest BCUT2D eigenvalue weighted by Gasteiger charge is 2.34. The molecule has 9 heteroatoms. The summed E-state index contributed by atoms with van der Waals surface area (Å²) in [6.45, 7) is -0.0794. The fraction of sp³-hybridized carbons (Fsp3) is 0.348. The summed E-state index contributed by atoms with van der Waals surface area (Å²) in [5, 5.41) is 0.697. The Morgan fingerprint density at radius 2 is 1.66 bits per heavy atom. The SMILES string of the molecule is COc1cc2cc(CN(C3CCCC3)S(=O)(=O)c3ccc(F)cc3)c(=O)[nH]c2cc1OC. The van der Waals surface area contributed by atoms with Crippen molar-refractivity contribution in [3.05, 3.63) is 64.2 Å². The molecule has 0 radical (unpaired) electrons. The molecule has 1 saturated carbocycles. The van der Waals surface area contributed by atoms with E-state index in [1.54, 1.807) is 18.2 Å². The number of methoxy groups -OCH3 is 2. The van der Waals surface area contributed by atoms with Crippen LogP contribution in [0.3, 0.4) is 0 Å². The smallest absolute Gasteiger partial charge is 0.252 e. The molecule has 1 aliphatic carbocycles. The number of sulfonamides is 1. The van der Waals surface area contributed by atoms with E-state index >= 15 is 0 Å². The van der Waals surface area contributed by atoms with Crippen molar-refractivity contribution in [3.63, 3.8) is 0 Å². The highest BCUT2D eigenvalue weighted by Crippen LogP contribution is 2.33. The van der Waals surface area contributed by atoms with Gasteiger partial charge in [0.25, 0.3) is 5.56 Å². The van der Waals surface area contributed by atoms with Gasteiger partial charge in [-0.15, -0.1) is 0 Å². The number of rotatable bonds is 7. The highest BCUT2D eigenvalue weighted by atomic mass is 32.2. The van der Waals surface area contributed by atoms with Crippen molar-refractivity contribution in [2.75, 3.05) is 14.2 Å². The number of pyridine rings is 1. The number of nitrogens with zero attached hydrogens (tertiary/aromatic N) is 1. The van der Waals surface area contributed by atoms with Crippen LogP contribution in [0.25, 0.3) is 10.9 Å². The van der Waals surface area contributed by atoms with Crippen molar-refractivity contribution in [1.29, 1.82) is 0 Å². The first-order chi connectivity index (χ1) is 15.3. The number of aromatic amines is 1. The zero-order valence-electron chi connectivity index (χ0n) is 17.9. The van der Waals surface area contributed by atoms with Crippen molar-refractivity contribution in [2.24, 2.45) is 0 Å². The van der Waals surface area contributed by atoms with Gasteiger partial charge < -0.3 is 14.5 Å². The minimum Gasteiger partial charge on any atom is -0.493 e. The third kappa shape index (κ3) is 4.22. The predicted octanol–water partition coefficient (Wildman–Crippen LogP) is 3.82. The second-order valence-corrected chi connectivity index (χ2v) is 9.75. The number of benzene rings is 2. The van der Waals surface area contributed by atoms with E-state index in [-0.39, 0.29) is 23.0 Å². The summed E-state index contributed by atoms with van der Waals surface area (Å²) in [5.74, 6) is 0.478. The van der Waals surface area contributed by atoms with E-state index in [0.29, 0.717) is 28.0 Å². The molecule has 0 saturated heterocycles. The quantitative estimate of drug-likeness (QED) is 0.579. The van der Waals surface area contributed by atoms with Crippen molar-refractivity contribution in [1.82, 2.24) is 9.29 Å². The maximum atomic E-state index is 13.4. The summed E-state index contributed by atoms with van der Waals surface area (Å²) in [7, 11) is -0.893. The van der Waals surface area contributed by atoms with Crippen LogP contribution >= 0.6 is 0 Å². The summed E-state index contributed by atoms with van der Waals surface area (Å²) in [6.07, 6.45) is 3.28. The number of hydrogen-bond acceptors (Lipinski definition) is 5. The summed E-state index contributed by atoms with van der Waals surface area (Å²) < 4.78 is 52.3. The number of nitrogens with one attached hydrogen (secondary N) is 1. The summed E-state index contributed by atoms with van der Waals surface area (Å²) in [4.78, 5) is 15.7. The summed E-state index contributed by atoms with van der Waals surface area (Å²) in [6, 6.07) is 9.64. The van der Waals surface area contributed by atoms with Gasteiger partial charge in [-0.3, -0.25) is 4.79 Å². The van der Waals surface area contributed by atoms with Crippen LogP contribution in [0.2, 0.25) is 0 Å². The average Bonchev–Trinajstić information content (AvgIpc) is 3.31. The fourth-order valence-corrected chi connectivity index (χ4v) is 5.87. The minimum absolute atomic E-state index is 0.00873. The van der Waals surface area contributed by atoms with Gasteiger partial charge in [-0.2, -0.15) is 4.31 Å². The molecular formula is C23H25FN2O5S. The molecule has 170 valence electrons. The first-order valence-electron chi connectivity index (χ1n) is 10.4. The van der Waals surface area contributed by atoms with Crippen LogP contribution in [0.4, 0.5) is 4.39 Å². The molecule has 1 N–H and O–H groups in total. The first-order valence-corrected chi connectivity index (χ1v) is 11.8. The predicted molar refractivity (Wildman–Crippen MR) is 119 cm³/mol. The van der Waals surface area contributed by atoms with Crippen LogP contribution in [-0.2, 0) is 16.6 Å². The number of H-pyrrole nitrogens is 1. The zero-order chi connectivity index (χ0) is 22.9. The monoisotopic (exact) mass is 460 g/mol. The molecule has 1 aromatic heterocycles. The van der Waals surface area contributed by atoms with Crippen LogP contribution in [0.1, 0.15) is 31.2 Å². The molecule has 0 amide bonds. The molecule has 1 heterocycles. The van der Waals surface area contributed by atoms with Crippen LogP contribution in [-0.4, -0.2) is 38.0 Å². The number of aromatic nitrogens is 1. The lowest BCUT2D eigenvalue weighted by Gasteiger charge is -2.28. The topological polar surface area (TPSA) is 88.7 Å². The fourth-order valence-electron chi connectivity index (χ4n) is 4.21. The Morgan fingerprint density at radius 3 is 2.28 bits per heavy atom. The summed E-state index contributed by atoms with van der Waals surface area (Å²) in [5.41, 5.74) is 0.509. The normalized spacial score (nSPS) is 14.9. The largest absolute Gasteiger partial charge is 0.493 e. The maximum Gasteiger partial charge on any atom is 0.252 e. The molecule has 1 aliphatic rings. The summed E-state index contributed by atoms with van der Waals surface area (Å²) >= 11 is 0. The van der Waals surface area contributed by atoms with Crippen LogP contribution in [0.15, 0.2) is 52.2 Å². The van der Waals surface area contributed by atoms with Crippen molar-refractivity contribution < 1.29 is 22.3 Å². The lowest BCUT2D eigenvalue weighted by Crippen LogP contribution is -2.39. The first kappa shape index (κ1) is 22.3. The molecule has 7 nitrogen and oxygen atoms in total. The van der Waals surface area contributed by atoms with E-state index in [1.165, 1.54) is 30.7 Å². The Kier molecular flexibility index (Phi) is 6.21. The van der Waals surface area contributed by atoms with Gasteiger partial charge in [-0.05, 0) is 49.2 Å². The molecule has 0 spiro atoms. The van der Waals surface area contributed by atoms with Gasteiger partial charge in [-0.1, -0.05) is 12.8 Å². The number of halogens is 1. The Balaban J connectivity index is 1.77. The molecule has 0 aliphatic heterocycles. The molecule has 2 aromatic carbocycles. The highest BCUT2D eigenvalue weighted by molar-refractivity contribution is 7.89. The van der Waals surface area contributed by atoms with E-state index in [0.717, 1.165) is 37.8 Å². The molecular weight excluding hydrogens is 435 g/mol. The molecule has 0 bridgehead atoms. The Labute approximate surface area is 185 Å². The third-order valence-corrected chi connectivity index (χ3v) is 7.82. The lowest BCUT2D eigenvalue weighted by atomic mass is 10.1. The molecule has 0 unspecified atom stereocenters. The van der Waals surface area contributed by atoms with Crippen molar-refractivity contribution >= 4 is 20.9 Å². The van der Waals surface area contributed by atoms with Gasteiger partial charge in [0.15, 0.2) is 11.5 Å². The molecule has 0 atom stereocenters. The van der Waals surface area contributed by atoms with Gasteiger partial charge in [-0.25, -0.2) is 12.8 Å². The number of hydrogen-bond donors (Lipinski definition) is 1. The van der Waals surface area contributed by atoms with Crippen molar-refractivity contribution in [3.8, 4) is 11.5 Å². The Bertz CT molecular complexity index is 1280. The van der Waals surface area contributed by atoms with Crippen LogP contribution in [0.5, 0.6) is 11.5 Å². The number of ether oxygens (including phenoxy) is 2. The van der Waals surface area contributed by atoms with E-state index in [1.807, 2.05) is 0 Å². The molecule has 32 heavy (non-hydrogen) atoms. The van der Waals surface area contributed by atoms with E-state index in [2.05, 4.69) is 4.98 Å².